The Labute approximate surface area is 122 Å². The van der Waals surface area contributed by atoms with Crippen molar-refractivity contribution in [1.29, 1.82) is 0 Å². The molecule has 2 aromatic carbocycles. The summed E-state index contributed by atoms with van der Waals surface area (Å²) in [6, 6.07) is 10.8. The van der Waals surface area contributed by atoms with Crippen LogP contribution in [0.3, 0.4) is 0 Å². The molecule has 0 fully saturated rings. The van der Waals surface area contributed by atoms with Gasteiger partial charge in [0.15, 0.2) is 0 Å². The van der Waals surface area contributed by atoms with Gasteiger partial charge in [0.25, 0.3) is 0 Å². The Morgan fingerprint density at radius 1 is 1.05 bits per heavy atom. The molecule has 1 heterocycles. The summed E-state index contributed by atoms with van der Waals surface area (Å²) in [7, 11) is 0. The van der Waals surface area contributed by atoms with Gasteiger partial charge in [-0.15, -0.1) is 0 Å². The van der Waals surface area contributed by atoms with Crippen molar-refractivity contribution in [3.63, 3.8) is 0 Å². The van der Waals surface area contributed by atoms with Crippen molar-refractivity contribution >= 4 is 15.9 Å². The van der Waals surface area contributed by atoms with Crippen molar-refractivity contribution in [2.45, 2.75) is 26.7 Å². The molecule has 0 spiro atoms. The SMILES string of the molecule is Cc1cc(C)c2c(c1C)OC[C@@H]2c1ccc(Br)cc1. The molecule has 0 N–H and O–H groups in total. The van der Waals surface area contributed by atoms with E-state index in [1.54, 1.807) is 0 Å². The molecule has 0 amide bonds. The average Bonchev–Trinajstić information content (AvgIpc) is 2.82. The van der Waals surface area contributed by atoms with E-state index in [1.165, 1.54) is 27.8 Å². The van der Waals surface area contributed by atoms with E-state index in [4.69, 9.17) is 4.74 Å². The maximum absolute atomic E-state index is 5.98. The molecule has 1 nitrogen and oxygen atoms in total. The van der Waals surface area contributed by atoms with Gasteiger partial charge in [0, 0.05) is 16.0 Å². The van der Waals surface area contributed by atoms with Gasteiger partial charge < -0.3 is 4.74 Å². The molecule has 0 aromatic heterocycles. The van der Waals surface area contributed by atoms with E-state index in [0.717, 1.165) is 16.8 Å². The Kier molecular flexibility index (Phi) is 3.14. The number of halogens is 1. The van der Waals surface area contributed by atoms with E-state index in [1.807, 2.05) is 0 Å². The summed E-state index contributed by atoms with van der Waals surface area (Å²) >= 11 is 3.49. The first kappa shape index (κ1) is 12.7. The third-order valence-electron chi connectivity index (χ3n) is 4.05. The number of hydrogen-bond donors (Lipinski definition) is 0. The minimum Gasteiger partial charge on any atom is -0.492 e. The summed E-state index contributed by atoms with van der Waals surface area (Å²) in [6.45, 7) is 7.24. The first-order valence-corrected chi connectivity index (χ1v) is 7.36. The van der Waals surface area contributed by atoms with Crippen molar-refractivity contribution in [3.8, 4) is 5.75 Å². The number of aryl methyl sites for hydroxylation is 2. The standard InChI is InChI=1S/C17H17BrO/c1-10-8-11(2)16-15(9-19-17(16)12(10)3)13-4-6-14(18)7-5-13/h4-8,15H,9H2,1-3H3/t15-/m1/s1. The summed E-state index contributed by atoms with van der Waals surface area (Å²) in [5.41, 5.74) is 6.62. The van der Waals surface area contributed by atoms with Crippen molar-refractivity contribution in [2.75, 3.05) is 6.61 Å². The molecular formula is C17H17BrO. The number of benzene rings is 2. The van der Waals surface area contributed by atoms with Crippen LogP contribution in [0.15, 0.2) is 34.8 Å². The second-order valence-corrected chi connectivity index (χ2v) is 6.21. The molecule has 1 aliphatic heterocycles. The normalized spacial score (nSPS) is 17.2. The zero-order chi connectivity index (χ0) is 13.6. The maximum Gasteiger partial charge on any atom is 0.126 e. The van der Waals surface area contributed by atoms with Crippen LogP contribution in [0.5, 0.6) is 5.75 Å². The molecule has 1 aliphatic rings. The molecule has 1 atom stereocenters. The zero-order valence-electron chi connectivity index (χ0n) is 11.5. The molecule has 0 saturated carbocycles. The van der Waals surface area contributed by atoms with Crippen LogP contribution >= 0.6 is 15.9 Å². The Balaban J connectivity index is 2.12. The zero-order valence-corrected chi connectivity index (χ0v) is 13.0. The van der Waals surface area contributed by atoms with Crippen LogP contribution in [0, 0.1) is 20.8 Å². The van der Waals surface area contributed by atoms with Crippen molar-refractivity contribution in [1.82, 2.24) is 0 Å². The van der Waals surface area contributed by atoms with E-state index >= 15 is 0 Å². The summed E-state index contributed by atoms with van der Waals surface area (Å²) in [6.07, 6.45) is 0. The molecule has 19 heavy (non-hydrogen) atoms. The maximum atomic E-state index is 5.98. The van der Waals surface area contributed by atoms with Crippen molar-refractivity contribution < 1.29 is 4.74 Å². The third kappa shape index (κ3) is 2.08. The molecular weight excluding hydrogens is 300 g/mol. The molecule has 98 valence electrons. The minimum absolute atomic E-state index is 0.363. The highest BCUT2D eigenvalue weighted by atomic mass is 79.9. The number of hydrogen-bond acceptors (Lipinski definition) is 1. The lowest BCUT2D eigenvalue weighted by Crippen LogP contribution is -2.03. The summed E-state index contributed by atoms with van der Waals surface area (Å²) in [4.78, 5) is 0. The summed E-state index contributed by atoms with van der Waals surface area (Å²) in [5, 5.41) is 0. The fraction of sp³-hybridized carbons (Fsp3) is 0.294. The van der Waals surface area contributed by atoms with Crippen molar-refractivity contribution in [2.24, 2.45) is 0 Å². The average molecular weight is 317 g/mol. The van der Waals surface area contributed by atoms with E-state index in [2.05, 4.69) is 67.0 Å². The monoisotopic (exact) mass is 316 g/mol. The van der Waals surface area contributed by atoms with Crippen LogP contribution < -0.4 is 4.74 Å². The summed E-state index contributed by atoms with van der Waals surface area (Å²) in [5.74, 6) is 1.47. The third-order valence-corrected chi connectivity index (χ3v) is 4.58. The molecule has 0 saturated heterocycles. The minimum atomic E-state index is 0.363. The van der Waals surface area contributed by atoms with Gasteiger partial charge in [-0.3, -0.25) is 0 Å². The Morgan fingerprint density at radius 3 is 2.42 bits per heavy atom. The van der Waals surface area contributed by atoms with Crippen molar-refractivity contribution in [3.05, 3.63) is 62.6 Å². The Hall–Kier alpha value is -1.28. The largest absolute Gasteiger partial charge is 0.492 e. The Bertz CT molecular complexity index is 629. The lowest BCUT2D eigenvalue weighted by atomic mass is 9.88. The van der Waals surface area contributed by atoms with Crippen LogP contribution in [0.4, 0.5) is 0 Å². The predicted molar refractivity (Wildman–Crippen MR) is 82.1 cm³/mol. The molecule has 0 unspecified atom stereocenters. The van der Waals surface area contributed by atoms with Gasteiger partial charge in [0.1, 0.15) is 5.75 Å². The number of fused-ring (bicyclic) bond motifs is 1. The highest BCUT2D eigenvalue weighted by Crippen LogP contribution is 2.43. The fourth-order valence-corrected chi connectivity index (χ4v) is 3.16. The highest BCUT2D eigenvalue weighted by molar-refractivity contribution is 9.10. The van der Waals surface area contributed by atoms with Gasteiger partial charge in [-0.05, 0) is 55.2 Å². The van der Waals surface area contributed by atoms with Crippen LogP contribution in [0.2, 0.25) is 0 Å². The van der Waals surface area contributed by atoms with Gasteiger partial charge in [0.05, 0.1) is 6.61 Å². The predicted octanol–water partition coefficient (Wildman–Crippen LogP) is 4.90. The van der Waals surface area contributed by atoms with E-state index in [0.29, 0.717) is 5.92 Å². The van der Waals surface area contributed by atoms with Gasteiger partial charge >= 0.3 is 0 Å². The molecule has 2 aromatic rings. The van der Waals surface area contributed by atoms with E-state index in [-0.39, 0.29) is 0 Å². The lowest BCUT2D eigenvalue weighted by Gasteiger charge is -2.14. The first-order valence-electron chi connectivity index (χ1n) is 6.57. The van der Waals surface area contributed by atoms with Gasteiger partial charge in [-0.25, -0.2) is 0 Å². The lowest BCUT2D eigenvalue weighted by molar-refractivity contribution is 0.341. The van der Waals surface area contributed by atoms with E-state index < -0.39 is 0 Å². The van der Waals surface area contributed by atoms with Gasteiger partial charge in [-0.1, -0.05) is 34.1 Å². The molecule has 3 rings (SSSR count). The first-order chi connectivity index (χ1) is 9.08. The second-order valence-electron chi connectivity index (χ2n) is 5.29. The highest BCUT2D eigenvalue weighted by Gasteiger charge is 2.29. The molecule has 0 bridgehead atoms. The topological polar surface area (TPSA) is 9.23 Å². The number of rotatable bonds is 1. The fourth-order valence-electron chi connectivity index (χ4n) is 2.90. The summed E-state index contributed by atoms with van der Waals surface area (Å²) < 4.78 is 7.09. The van der Waals surface area contributed by atoms with Crippen LogP contribution in [-0.4, -0.2) is 6.61 Å². The molecule has 0 radical (unpaired) electrons. The molecule has 2 heteroatoms. The van der Waals surface area contributed by atoms with Gasteiger partial charge in [-0.2, -0.15) is 0 Å². The van der Waals surface area contributed by atoms with Crippen LogP contribution in [0.1, 0.15) is 33.7 Å². The van der Waals surface area contributed by atoms with Gasteiger partial charge in [0.2, 0.25) is 0 Å². The van der Waals surface area contributed by atoms with E-state index in [9.17, 15) is 0 Å². The quantitative estimate of drug-likeness (QED) is 0.727. The second kappa shape index (κ2) is 4.68. The smallest absolute Gasteiger partial charge is 0.126 e. The van der Waals surface area contributed by atoms with Crippen LogP contribution in [-0.2, 0) is 0 Å². The number of ether oxygens (including phenoxy) is 1. The van der Waals surface area contributed by atoms with Crippen LogP contribution in [0.25, 0.3) is 0 Å². The Morgan fingerprint density at radius 2 is 1.74 bits per heavy atom. The molecule has 0 aliphatic carbocycles.